The zero-order valence-corrected chi connectivity index (χ0v) is 16.8. The molecule has 2 heterocycles. The SMILES string of the molecule is CCN(C)CC(N(C)CC)(n1nnc2ccccc21)n1nnc2ccccc21. The predicted molar refractivity (Wildman–Crippen MR) is 110 cm³/mol. The van der Waals surface area contributed by atoms with Crippen molar-refractivity contribution in [1.82, 2.24) is 39.8 Å². The fourth-order valence-electron chi connectivity index (χ4n) is 3.66. The molecule has 2 aromatic heterocycles. The number of nitrogens with zero attached hydrogens (tertiary/aromatic N) is 8. The molecule has 2 aromatic carbocycles. The van der Waals surface area contributed by atoms with Crippen molar-refractivity contribution < 1.29 is 0 Å². The summed E-state index contributed by atoms with van der Waals surface area (Å²) < 4.78 is 3.97. The molecular formula is C20H26N8. The molecule has 0 aliphatic carbocycles. The van der Waals surface area contributed by atoms with Crippen molar-refractivity contribution in [3.05, 3.63) is 48.5 Å². The van der Waals surface area contributed by atoms with Crippen molar-refractivity contribution in [2.75, 3.05) is 33.7 Å². The van der Waals surface area contributed by atoms with E-state index in [2.05, 4.69) is 70.5 Å². The van der Waals surface area contributed by atoms with Gasteiger partial charge in [-0.1, -0.05) is 48.5 Å². The number of fused-ring (bicyclic) bond motifs is 2. The van der Waals surface area contributed by atoms with E-state index < -0.39 is 5.79 Å². The predicted octanol–water partition coefficient (Wildman–Crippen LogP) is 2.24. The van der Waals surface area contributed by atoms with Crippen molar-refractivity contribution >= 4 is 22.1 Å². The Morgan fingerprint density at radius 1 is 0.786 bits per heavy atom. The lowest BCUT2D eigenvalue weighted by Gasteiger charge is -2.43. The normalized spacial score (nSPS) is 12.6. The summed E-state index contributed by atoms with van der Waals surface area (Å²) in [6, 6.07) is 16.1. The summed E-state index contributed by atoms with van der Waals surface area (Å²) in [5.74, 6) is -0.717. The number of likely N-dealkylation sites (N-methyl/N-ethyl adjacent to an activating group) is 2. The number of hydrogen-bond acceptors (Lipinski definition) is 6. The smallest absolute Gasteiger partial charge is 0.227 e. The van der Waals surface area contributed by atoms with Gasteiger partial charge < -0.3 is 4.90 Å². The topological polar surface area (TPSA) is 67.9 Å². The summed E-state index contributed by atoms with van der Waals surface area (Å²) in [5, 5.41) is 18.1. The molecule has 4 rings (SSSR count). The van der Waals surface area contributed by atoms with Gasteiger partial charge in [-0.05, 0) is 51.5 Å². The lowest BCUT2D eigenvalue weighted by molar-refractivity contribution is -0.0299. The maximum atomic E-state index is 4.60. The van der Waals surface area contributed by atoms with E-state index in [9.17, 15) is 0 Å². The van der Waals surface area contributed by atoms with E-state index in [0.717, 1.165) is 35.2 Å². The molecule has 28 heavy (non-hydrogen) atoms. The van der Waals surface area contributed by atoms with E-state index in [1.54, 1.807) is 0 Å². The summed E-state index contributed by atoms with van der Waals surface area (Å²) in [7, 11) is 4.20. The molecule has 8 heteroatoms. The third kappa shape index (κ3) is 2.76. The monoisotopic (exact) mass is 378 g/mol. The van der Waals surface area contributed by atoms with Crippen LogP contribution in [0.2, 0.25) is 0 Å². The molecule has 4 aromatic rings. The van der Waals surface area contributed by atoms with Crippen molar-refractivity contribution in [2.24, 2.45) is 0 Å². The molecule has 146 valence electrons. The maximum Gasteiger partial charge on any atom is 0.227 e. The molecule has 0 bridgehead atoms. The fourth-order valence-corrected chi connectivity index (χ4v) is 3.66. The second-order valence-electron chi connectivity index (χ2n) is 7.10. The van der Waals surface area contributed by atoms with Crippen LogP contribution in [0.4, 0.5) is 0 Å². The van der Waals surface area contributed by atoms with E-state index in [-0.39, 0.29) is 0 Å². The first-order valence-electron chi connectivity index (χ1n) is 9.63. The molecule has 0 radical (unpaired) electrons. The highest BCUT2D eigenvalue weighted by molar-refractivity contribution is 5.76. The van der Waals surface area contributed by atoms with Gasteiger partial charge in [-0.25, -0.2) is 9.36 Å². The molecular weight excluding hydrogens is 352 g/mol. The van der Waals surface area contributed by atoms with Gasteiger partial charge >= 0.3 is 0 Å². The van der Waals surface area contributed by atoms with Gasteiger partial charge in [0.25, 0.3) is 0 Å². The van der Waals surface area contributed by atoms with E-state index in [0.29, 0.717) is 6.54 Å². The summed E-state index contributed by atoms with van der Waals surface area (Å²) >= 11 is 0. The average molecular weight is 378 g/mol. The minimum Gasteiger partial charge on any atom is -0.301 e. The molecule has 0 atom stereocenters. The first-order valence-corrected chi connectivity index (χ1v) is 9.63. The van der Waals surface area contributed by atoms with Crippen LogP contribution in [-0.2, 0) is 5.79 Å². The molecule has 8 nitrogen and oxygen atoms in total. The highest BCUT2D eigenvalue weighted by Gasteiger charge is 2.43. The van der Waals surface area contributed by atoms with Crippen LogP contribution in [0.15, 0.2) is 48.5 Å². The standard InChI is InChI=1S/C20H26N8/c1-5-25(3)15-20(26(4)6-2,27-18-13-9-7-11-16(18)21-23-27)28-19-14-10-8-12-17(19)22-24-28/h7-14H,5-6,15H2,1-4H3. The Hall–Kier alpha value is -2.84. The maximum absolute atomic E-state index is 4.60. The quantitative estimate of drug-likeness (QED) is 0.491. The van der Waals surface area contributed by atoms with Gasteiger partial charge in [0, 0.05) is 0 Å². The van der Waals surface area contributed by atoms with E-state index in [1.165, 1.54) is 0 Å². The van der Waals surface area contributed by atoms with Crippen molar-refractivity contribution in [3.63, 3.8) is 0 Å². The lowest BCUT2D eigenvalue weighted by atomic mass is 10.2. The Balaban J connectivity index is 2.06. The molecule has 0 fully saturated rings. The van der Waals surface area contributed by atoms with Crippen LogP contribution in [-0.4, -0.2) is 73.5 Å². The minimum atomic E-state index is -0.717. The largest absolute Gasteiger partial charge is 0.301 e. The first kappa shape index (κ1) is 18.5. The summed E-state index contributed by atoms with van der Waals surface area (Å²) in [6.07, 6.45) is 0. The molecule has 0 aliphatic rings. The van der Waals surface area contributed by atoms with Crippen molar-refractivity contribution in [2.45, 2.75) is 19.6 Å². The van der Waals surface area contributed by atoms with E-state index in [1.807, 2.05) is 45.8 Å². The number of rotatable bonds is 7. The molecule has 0 aliphatic heterocycles. The molecule has 0 spiro atoms. The van der Waals surface area contributed by atoms with Crippen molar-refractivity contribution in [3.8, 4) is 0 Å². The van der Waals surface area contributed by atoms with Crippen LogP contribution in [0.25, 0.3) is 22.1 Å². The summed E-state index contributed by atoms with van der Waals surface area (Å²) in [6.45, 7) is 6.67. The zero-order chi connectivity index (χ0) is 19.7. The Kier molecular flexibility index (Phi) is 4.82. The third-order valence-electron chi connectivity index (χ3n) is 5.49. The van der Waals surface area contributed by atoms with Crippen LogP contribution < -0.4 is 0 Å². The molecule has 0 N–H and O–H groups in total. The van der Waals surface area contributed by atoms with Crippen LogP contribution in [0.3, 0.4) is 0 Å². The highest BCUT2D eigenvalue weighted by Crippen LogP contribution is 2.30. The molecule has 0 amide bonds. The van der Waals surface area contributed by atoms with Gasteiger partial charge in [0.2, 0.25) is 5.79 Å². The average Bonchev–Trinajstić information content (AvgIpc) is 3.36. The first-order chi connectivity index (χ1) is 13.6. The number of para-hydroxylation sites is 2. The van der Waals surface area contributed by atoms with Crippen LogP contribution >= 0.6 is 0 Å². The highest BCUT2D eigenvalue weighted by atomic mass is 15.7. The number of hydrogen-bond donors (Lipinski definition) is 0. The Morgan fingerprint density at radius 3 is 1.75 bits per heavy atom. The van der Waals surface area contributed by atoms with Gasteiger partial charge in [-0.2, -0.15) is 0 Å². The summed E-state index contributed by atoms with van der Waals surface area (Å²) in [5.41, 5.74) is 3.65. The van der Waals surface area contributed by atoms with E-state index >= 15 is 0 Å². The Bertz CT molecular complexity index is 1010. The zero-order valence-electron chi connectivity index (χ0n) is 16.8. The lowest BCUT2D eigenvalue weighted by Crippen LogP contribution is -2.60. The van der Waals surface area contributed by atoms with E-state index in [4.69, 9.17) is 0 Å². The van der Waals surface area contributed by atoms with Crippen LogP contribution in [0, 0.1) is 0 Å². The van der Waals surface area contributed by atoms with Crippen LogP contribution in [0.1, 0.15) is 13.8 Å². The fraction of sp³-hybridized carbons (Fsp3) is 0.400. The van der Waals surface area contributed by atoms with Gasteiger partial charge in [-0.15, -0.1) is 10.2 Å². The van der Waals surface area contributed by atoms with Gasteiger partial charge in [-0.3, -0.25) is 4.90 Å². The second-order valence-corrected chi connectivity index (χ2v) is 7.10. The van der Waals surface area contributed by atoms with Crippen LogP contribution in [0.5, 0.6) is 0 Å². The van der Waals surface area contributed by atoms with Gasteiger partial charge in [0.1, 0.15) is 11.0 Å². The molecule has 0 unspecified atom stereocenters. The third-order valence-corrected chi connectivity index (χ3v) is 5.49. The number of benzene rings is 2. The summed E-state index contributed by atoms with van der Waals surface area (Å²) in [4.78, 5) is 4.51. The Morgan fingerprint density at radius 2 is 1.29 bits per heavy atom. The van der Waals surface area contributed by atoms with Gasteiger partial charge in [0.05, 0.1) is 17.6 Å². The minimum absolute atomic E-state index is 0.675. The van der Waals surface area contributed by atoms with Crippen molar-refractivity contribution in [1.29, 1.82) is 0 Å². The number of aromatic nitrogens is 6. The molecule has 0 saturated carbocycles. The molecule has 0 saturated heterocycles. The van der Waals surface area contributed by atoms with Gasteiger partial charge in [0.15, 0.2) is 0 Å². The Labute approximate surface area is 164 Å². The second kappa shape index (κ2) is 7.29.